The molecule has 0 saturated carbocycles. The van der Waals surface area contributed by atoms with Crippen molar-refractivity contribution >= 4 is 20.9 Å². The van der Waals surface area contributed by atoms with Gasteiger partial charge in [0.05, 0.1) is 10.4 Å². The number of hydrogen-bond donors (Lipinski definition) is 0. The van der Waals surface area contributed by atoms with Gasteiger partial charge in [-0.05, 0) is 49.7 Å². The Labute approximate surface area is 144 Å². The highest BCUT2D eigenvalue weighted by Gasteiger charge is 2.35. The molecule has 1 fully saturated rings. The van der Waals surface area contributed by atoms with Crippen LogP contribution in [-0.2, 0) is 10.0 Å². The second-order valence-electron chi connectivity index (χ2n) is 6.57. The van der Waals surface area contributed by atoms with Gasteiger partial charge in [-0.1, -0.05) is 19.9 Å². The molecule has 3 rings (SSSR count). The van der Waals surface area contributed by atoms with Crippen LogP contribution in [0.5, 0.6) is 0 Å². The fourth-order valence-electron chi connectivity index (χ4n) is 3.68. The summed E-state index contributed by atoms with van der Waals surface area (Å²) in [6.45, 7) is 7.20. The summed E-state index contributed by atoms with van der Waals surface area (Å²) in [6, 6.07) is 8.93. The number of fused-ring (bicyclic) bond motifs is 1. The van der Waals surface area contributed by atoms with E-state index in [9.17, 15) is 8.42 Å². The average molecular weight is 347 g/mol. The molecule has 2 aromatic rings. The average Bonchev–Trinajstić information content (AvgIpc) is 2.60. The maximum atomic E-state index is 13.2. The Bertz CT molecular complexity index is 817. The first-order valence-electron chi connectivity index (χ1n) is 8.49. The van der Waals surface area contributed by atoms with E-state index >= 15 is 0 Å². The van der Waals surface area contributed by atoms with E-state index in [1.165, 1.54) is 0 Å². The summed E-state index contributed by atoms with van der Waals surface area (Å²) in [5.74, 6) is 0.312. The molecule has 0 aliphatic carbocycles. The lowest BCUT2D eigenvalue weighted by Gasteiger charge is -2.40. The highest BCUT2D eigenvalue weighted by molar-refractivity contribution is 7.89. The normalized spacial score (nSPS) is 23.0. The van der Waals surface area contributed by atoms with Crippen LogP contribution in [0.15, 0.2) is 41.4 Å². The van der Waals surface area contributed by atoms with Gasteiger partial charge < -0.3 is 4.90 Å². The van der Waals surface area contributed by atoms with Crippen molar-refractivity contribution in [1.82, 2.24) is 14.2 Å². The molecule has 0 radical (unpaired) electrons. The van der Waals surface area contributed by atoms with Gasteiger partial charge in [0.2, 0.25) is 10.0 Å². The van der Waals surface area contributed by atoms with Crippen LogP contribution >= 0.6 is 0 Å². The number of hydrogen-bond acceptors (Lipinski definition) is 4. The first kappa shape index (κ1) is 17.3. The highest BCUT2D eigenvalue weighted by atomic mass is 32.2. The molecule has 130 valence electrons. The zero-order valence-electron chi connectivity index (χ0n) is 14.5. The van der Waals surface area contributed by atoms with Crippen LogP contribution in [0.4, 0.5) is 0 Å². The summed E-state index contributed by atoms with van der Waals surface area (Å²) >= 11 is 0. The van der Waals surface area contributed by atoms with Crippen molar-refractivity contribution in [3.8, 4) is 0 Å². The largest absolute Gasteiger partial charge is 0.303 e. The molecule has 1 aromatic carbocycles. The number of piperidine rings is 1. The van der Waals surface area contributed by atoms with Crippen molar-refractivity contribution in [3.05, 3.63) is 36.5 Å². The van der Waals surface area contributed by atoms with Gasteiger partial charge in [0.1, 0.15) is 0 Å². The number of pyridine rings is 1. The molecule has 0 bridgehead atoms. The van der Waals surface area contributed by atoms with Crippen molar-refractivity contribution in [2.45, 2.75) is 31.2 Å². The topological polar surface area (TPSA) is 53.5 Å². The monoisotopic (exact) mass is 347 g/mol. The molecule has 0 N–H and O–H groups in total. The number of likely N-dealkylation sites (tertiary alicyclic amines) is 1. The van der Waals surface area contributed by atoms with Crippen molar-refractivity contribution in [2.24, 2.45) is 5.92 Å². The lowest BCUT2D eigenvalue weighted by atomic mass is 9.94. The number of nitrogens with zero attached hydrogens (tertiary/aromatic N) is 3. The predicted octanol–water partition coefficient (Wildman–Crippen LogP) is 2.59. The van der Waals surface area contributed by atoms with E-state index in [1.807, 2.05) is 12.1 Å². The molecule has 0 amide bonds. The summed E-state index contributed by atoms with van der Waals surface area (Å²) in [7, 11) is -1.83. The second kappa shape index (κ2) is 6.78. The summed E-state index contributed by atoms with van der Waals surface area (Å²) in [5.41, 5.74) is 0.709. The van der Waals surface area contributed by atoms with Gasteiger partial charge in [-0.25, -0.2) is 8.42 Å². The summed E-state index contributed by atoms with van der Waals surface area (Å²) in [4.78, 5) is 7.00. The summed E-state index contributed by atoms with van der Waals surface area (Å²) < 4.78 is 28.0. The molecule has 0 unspecified atom stereocenters. The zero-order chi connectivity index (χ0) is 17.3. The first-order valence-corrected chi connectivity index (χ1v) is 9.93. The molecule has 2 atom stereocenters. The Hall–Kier alpha value is -1.50. The van der Waals surface area contributed by atoms with Gasteiger partial charge in [-0.2, -0.15) is 4.31 Å². The van der Waals surface area contributed by atoms with E-state index in [2.05, 4.69) is 23.7 Å². The van der Waals surface area contributed by atoms with Crippen LogP contribution in [-0.4, -0.2) is 55.3 Å². The highest BCUT2D eigenvalue weighted by Crippen LogP contribution is 2.29. The lowest BCUT2D eigenvalue weighted by Crippen LogP contribution is -2.50. The minimum absolute atomic E-state index is 0.0322. The molecule has 1 aliphatic rings. The van der Waals surface area contributed by atoms with E-state index < -0.39 is 10.0 Å². The Balaban J connectivity index is 1.95. The molecule has 1 saturated heterocycles. The number of benzene rings is 1. The third-order valence-electron chi connectivity index (χ3n) is 5.12. The number of sulfonamides is 1. The molecule has 6 heteroatoms. The number of aromatic nitrogens is 1. The minimum Gasteiger partial charge on any atom is -0.303 e. The van der Waals surface area contributed by atoms with Gasteiger partial charge in [0.15, 0.2) is 0 Å². The molecule has 2 heterocycles. The van der Waals surface area contributed by atoms with Crippen molar-refractivity contribution in [3.63, 3.8) is 0 Å². The lowest BCUT2D eigenvalue weighted by molar-refractivity contribution is 0.123. The van der Waals surface area contributed by atoms with Crippen LogP contribution in [0.2, 0.25) is 0 Å². The maximum Gasteiger partial charge on any atom is 0.243 e. The van der Waals surface area contributed by atoms with E-state index in [1.54, 1.807) is 35.7 Å². The van der Waals surface area contributed by atoms with Gasteiger partial charge in [-0.3, -0.25) is 4.98 Å². The Morgan fingerprint density at radius 2 is 2.08 bits per heavy atom. The Kier molecular flexibility index (Phi) is 4.90. The van der Waals surface area contributed by atoms with Gasteiger partial charge in [0.25, 0.3) is 0 Å². The maximum absolute atomic E-state index is 13.2. The van der Waals surface area contributed by atoms with Crippen LogP contribution in [0, 0.1) is 5.92 Å². The third kappa shape index (κ3) is 3.06. The molecular formula is C18H25N3O2S. The van der Waals surface area contributed by atoms with Crippen molar-refractivity contribution in [2.75, 3.05) is 26.7 Å². The van der Waals surface area contributed by atoms with E-state index in [4.69, 9.17) is 0 Å². The molecule has 1 aromatic heterocycles. The molecule has 0 spiro atoms. The zero-order valence-corrected chi connectivity index (χ0v) is 15.3. The number of rotatable bonds is 4. The predicted molar refractivity (Wildman–Crippen MR) is 96.4 cm³/mol. The first-order chi connectivity index (χ1) is 11.4. The van der Waals surface area contributed by atoms with Gasteiger partial charge in [0, 0.05) is 31.2 Å². The van der Waals surface area contributed by atoms with Crippen molar-refractivity contribution < 1.29 is 8.42 Å². The smallest absolute Gasteiger partial charge is 0.243 e. The molecular weight excluding hydrogens is 322 g/mol. The quantitative estimate of drug-likeness (QED) is 0.853. The minimum atomic E-state index is -3.55. The van der Waals surface area contributed by atoms with Crippen molar-refractivity contribution in [1.29, 1.82) is 0 Å². The summed E-state index contributed by atoms with van der Waals surface area (Å²) in [6.07, 6.45) is 2.55. The molecule has 1 aliphatic heterocycles. The fraction of sp³-hybridized carbons (Fsp3) is 0.500. The Morgan fingerprint density at radius 3 is 2.79 bits per heavy atom. The van der Waals surface area contributed by atoms with Crippen LogP contribution in [0.1, 0.15) is 20.3 Å². The fourth-order valence-corrected chi connectivity index (χ4v) is 5.36. The Morgan fingerprint density at radius 1 is 1.29 bits per heavy atom. The van der Waals surface area contributed by atoms with Crippen LogP contribution in [0.25, 0.3) is 10.9 Å². The van der Waals surface area contributed by atoms with E-state index in [-0.39, 0.29) is 6.04 Å². The molecule has 24 heavy (non-hydrogen) atoms. The standard InChI is InChI=1S/C18H25N3O2S/c1-4-21-12-10-17(14(2)13-21)20(3)24(22,23)18-9-5-8-16-15(18)7-6-11-19-16/h5-9,11,14,17H,4,10,12-13H2,1-3H3/t14-,17-/m1/s1. The van der Waals surface area contributed by atoms with E-state index in [0.717, 1.165) is 26.1 Å². The van der Waals surface area contributed by atoms with E-state index in [0.29, 0.717) is 21.7 Å². The van der Waals surface area contributed by atoms with Crippen LogP contribution < -0.4 is 0 Å². The van der Waals surface area contributed by atoms with Gasteiger partial charge >= 0.3 is 0 Å². The van der Waals surface area contributed by atoms with Gasteiger partial charge in [-0.15, -0.1) is 0 Å². The van der Waals surface area contributed by atoms with Crippen LogP contribution in [0.3, 0.4) is 0 Å². The molecule has 5 nitrogen and oxygen atoms in total. The second-order valence-corrected chi connectivity index (χ2v) is 8.54. The summed E-state index contributed by atoms with van der Waals surface area (Å²) in [5, 5.41) is 0.686. The SMILES string of the molecule is CCN1CC[C@@H](N(C)S(=O)(=O)c2cccc3ncccc23)[C@H](C)C1. The third-order valence-corrected chi connectivity index (χ3v) is 7.06.